The number of rotatable bonds is 3. The van der Waals surface area contributed by atoms with Crippen LogP contribution in [0.4, 0.5) is 5.82 Å². The summed E-state index contributed by atoms with van der Waals surface area (Å²) in [7, 11) is 2.67. The lowest BCUT2D eigenvalue weighted by molar-refractivity contribution is -0.135. The minimum Gasteiger partial charge on any atom is -0.465 e. The van der Waals surface area contributed by atoms with E-state index in [2.05, 4.69) is 14.5 Å². The van der Waals surface area contributed by atoms with Gasteiger partial charge in [0.05, 0.1) is 25.4 Å². The summed E-state index contributed by atoms with van der Waals surface area (Å²) in [6, 6.07) is 3.21. The topological polar surface area (TPSA) is 68.7 Å². The number of anilines is 1. The Morgan fingerprint density at radius 3 is 2.60 bits per heavy atom. The van der Waals surface area contributed by atoms with Gasteiger partial charge in [-0.2, -0.15) is 0 Å². The monoisotopic (exact) mass is 274 g/mol. The highest BCUT2D eigenvalue weighted by atomic mass is 16.5. The Kier molecular flexibility index (Phi) is 4.14. The number of ether oxygens (including phenoxy) is 2. The van der Waals surface area contributed by atoms with Crippen molar-refractivity contribution in [2.24, 2.45) is 0 Å². The molecule has 0 unspecified atom stereocenters. The first-order chi connectivity index (χ1) is 9.65. The minimum atomic E-state index is -0.416. The maximum Gasteiger partial charge on any atom is 0.338 e. The van der Waals surface area contributed by atoms with Crippen LogP contribution >= 0.6 is 0 Å². The lowest BCUT2D eigenvalue weighted by Gasteiger charge is -2.21. The van der Waals surface area contributed by atoms with Crippen LogP contribution in [0.2, 0.25) is 0 Å². The predicted molar refractivity (Wildman–Crippen MR) is 72.2 cm³/mol. The number of pyridine rings is 1. The third-order valence-corrected chi connectivity index (χ3v) is 2.82. The molecule has 0 amide bonds. The van der Waals surface area contributed by atoms with Gasteiger partial charge in [-0.05, 0) is 18.2 Å². The Balaban J connectivity index is 2.16. The lowest BCUT2D eigenvalue weighted by Crippen LogP contribution is -2.22. The minimum absolute atomic E-state index is 0.378. The Bertz CT molecular complexity index is 593. The van der Waals surface area contributed by atoms with Gasteiger partial charge < -0.3 is 14.4 Å². The first-order valence-corrected chi connectivity index (χ1v) is 5.93. The standard InChI is InChI=1S/C14H14N2O4/c1-19-13(17)10-4-7-16(8-5-10)12-9-11(3-6-15-12)14(18)20-2/h3-7,9H,8H2,1-2H3. The summed E-state index contributed by atoms with van der Waals surface area (Å²) >= 11 is 0. The van der Waals surface area contributed by atoms with E-state index in [4.69, 9.17) is 0 Å². The number of hydrogen-bond donors (Lipinski definition) is 0. The van der Waals surface area contributed by atoms with Crippen LogP contribution in [0.15, 0.2) is 42.3 Å². The van der Waals surface area contributed by atoms with Crippen molar-refractivity contribution in [3.05, 3.63) is 47.8 Å². The number of hydrogen-bond acceptors (Lipinski definition) is 6. The van der Waals surface area contributed by atoms with E-state index in [9.17, 15) is 9.59 Å². The van der Waals surface area contributed by atoms with Crippen molar-refractivity contribution >= 4 is 17.8 Å². The summed E-state index contributed by atoms with van der Waals surface area (Å²) in [4.78, 5) is 28.8. The Hall–Kier alpha value is -2.63. The van der Waals surface area contributed by atoms with E-state index in [0.717, 1.165) is 0 Å². The van der Waals surface area contributed by atoms with E-state index in [0.29, 0.717) is 23.5 Å². The van der Waals surface area contributed by atoms with Crippen LogP contribution in [0.25, 0.3) is 0 Å². The molecule has 1 aromatic rings. The van der Waals surface area contributed by atoms with Crippen LogP contribution in [0.3, 0.4) is 0 Å². The maximum atomic E-state index is 11.5. The van der Waals surface area contributed by atoms with E-state index in [-0.39, 0.29) is 5.97 Å². The zero-order chi connectivity index (χ0) is 14.5. The maximum absolute atomic E-state index is 11.5. The number of esters is 2. The molecule has 1 aromatic heterocycles. The molecule has 0 aliphatic carbocycles. The molecule has 6 heteroatoms. The molecule has 0 fully saturated rings. The van der Waals surface area contributed by atoms with E-state index in [1.807, 2.05) is 0 Å². The van der Waals surface area contributed by atoms with Gasteiger partial charge >= 0.3 is 11.9 Å². The second kappa shape index (κ2) is 6.01. The molecule has 2 rings (SSSR count). The SMILES string of the molecule is COC(=O)C1=CCN(c2cc(C(=O)OC)ccn2)C=C1. The second-order valence-corrected chi connectivity index (χ2v) is 4.01. The molecule has 1 aliphatic rings. The van der Waals surface area contributed by atoms with Gasteiger partial charge in [0.2, 0.25) is 0 Å². The van der Waals surface area contributed by atoms with Crippen molar-refractivity contribution in [1.29, 1.82) is 0 Å². The smallest absolute Gasteiger partial charge is 0.338 e. The van der Waals surface area contributed by atoms with Crippen LogP contribution in [-0.2, 0) is 14.3 Å². The fraction of sp³-hybridized carbons (Fsp3) is 0.214. The zero-order valence-electron chi connectivity index (χ0n) is 11.2. The van der Waals surface area contributed by atoms with E-state index in [1.165, 1.54) is 20.4 Å². The normalized spacial score (nSPS) is 13.7. The fourth-order valence-electron chi connectivity index (χ4n) is 1.76. The van der Waals surface area contributed by atoms with Crippen molar-refractivity contribution < 1.29 is 19.1 Å². The van der Waals surface area contributed by atoms with Crippen LogP contribution in [0.1, 0.15) is 10.4 Å². The molecule has 6 nitrogen and oxygen atoms in total. The molecular weight excluding hydrogens is 260 g/mol. The number of aromatic nitrogens is 1. The number of carbonyl (C=O) groups excluding carboxylic acids is 2. The van der Waals surface area contributed by atoms with Crippen LogP contribution < -0.4 is 4.90 Å². The zero-order valence-corrected chi connectivity index (χ0v) is 11.2. The van der Waals surface area contributed by atoms with Crippen molar-refractivity contribution in [2.75, 3.05) is 25.7 Å². The molecule has 20 heavy (non-hydrogen) atoms. The molecule has 0 bridgehead atoms. The Morgan fingerprint density at radius 2 is 2.00 bits per heavy atom. The highest BCUT2D eigenvalue weighted by molar-refractivity contribution is 5.92. The first kappa shape index (κ1) is 13.8. The fourth-order valence-corrected chi connectivity index (χ4v) is 1.76. The average molecular weight is 274 g/mol. The molecular formula is C14H14N2O4. The van der Waals surface area contributed by atoms with Gasteiger partial charge in [-0.1, -0.05) is 6.08 Å². The molecule has 2 heterocycles. The molecule has 0 aromatic carbocycles. The van der Waals surface area contributed by atoms with Crippen molar-refractivity contribution in [3.8, 4) is 0 Å². The van der Waals surface area contributed by atoms with Crippen LogP contribution in [0.5, 0.6) is 0 Å². The summed E-state index contributed by atoms with van der Waals surface area (Å²) in [6.45, 7) is 0.471. The highest BCUT2D eigenvalue weighted by Crippen LogP contribution is 2.18. The van der Waals surface area contributed by atoms with Crippen molar-refractivity contribution in [3.63, 3.8) is 0 Å². The summed E-state index contributed by atoms with van der Waals surface area (Å²) in [5.41, 5.74) is 0.918. The summed E-state index contributed by atoms with van der Waals surface area (Å²) in [6.07, 6.45) is 6.63. The second-order valence-electron chi connectivity index (χ2n) is 4.01. The number of methoxy groups -OCH3 is 2. The summed E-state index contributed by atoms with van der Waals surface area (Å²) in [5, 5.41) is 0. The van der Waals surface area contributed by atoms with Gasteiger partial charge in [0.1, 0.15) is 5.82 Å². The van der Waals surface area contributed by atoms with Crippen molar-refractivity contribution in [1.82, 2.24) is 4.98 Å². The molecule has 0 radical (unpaired) electrons. The number of nitrogens with zero attached hydrogens (tertiary/aromatic N) is 2. The highest BCUT2D eigenvalue weighted by Gasteiger charge is 2.14. The van der Waals surface area contributed by atoms with E-state index in [1.54, 1.807) is 35.4 Å². The summed E-state index contributed by atoms with van der Waals surface area (Å²) in [5.74, 6) is -0.193. The predicted octanol–water partition coefficient (Wildman–Crippen LogP) is 1.30. The Morgan fingerprint density at radius 1 is 1.25 bits per heavy atom. The van der Waals surface area contributed by atoms with Gasteiger partial charge in [0.15, 0.2) is 0 Å². The van der Waals surface area contributed by atoms with Gasteiger partial charge in [-0.3, -0.25) is 0 Å². The molecule has 0 spiro atoms. The number of carbonyl (C=O) groups is 2. The first-order valence-electron chi connectivity index (χ1n) is 5.93. The quantitative estimate of drug-likeness (QED) is 0.774. The van der Waals surface area contributed by atoms with Gasteiger partial charge in [-0.15, -0.1) is 0 Å². The largest absolute Gasteiger partial charge is 0.465 e. The van der Waals surface area contributed by atoms with Crippen LogP contribution in [0, 0.1) is 0 Å². The third-order valence-electron chi connectivity index (χ3n) is 2.82. The molecule has 0 atom stereocenters. The van der Waals surface area contributed by atoms with Crippen LogP contribution in [-0.4, -0.2) is 37.7 Å². The van der Waals surface area contributed by atoms with Gasteiger partial charge in [0, 0.05) is 18.9 Å². The molecule has 0 saturated heterocycles. The summed E-state index contributed by atoms with van der Waals surface area (Å²) < 4.78 is 9.31. The lowest BCUT2D eigenvalue weighted by atomic mass is 10.2. The van der Waals surface area contributed by atoms with Gasteiger partial charge in [-0.25, -0.2) is 14.6 Å². The average Bonchev–Trinajstić information content (AvgIpc) is 2.53. The van der Waals surface area contributed by atoms with Crippen molar-refractivity contribution in [2.45, 2.75) is 0 Å². The van der Waals surface area contributed by atoms with E-state index >= 15 is 0 Å². The molecule has 0 N–H and O–H groups in total. The molecule has 1 aliphatic heterocycles. The van der Waals surface area contributed by atoms with E-state index < -0.39 is 5.97 Å². The Labute approximate surface area is 116 Å². The third kappa shape index (κ3) is 2.85. The molecule has 0 saturated carbocycles. The molecule has 104 valence electrons. The van der Waals surface area contributed by atoms with Gasteiger partial charge in [0.25, 0.3) is 0 Å².